The maximum atomic E-state index is 12.7. The van der Waals surface area contributed by atoms with Crippen molar-refractivity contribution in [3.63, 3.8) is 0 Å². The molecular weight excluding hydrogens is 500 g/mol. The molecule has 0 aliphatic carbocycles. The minimum Gasteiger partial charge on any atom is -0.445 e. The second-order valence-electron chi connectivity index (χ2n) is 9.20. The molecule has 0 saturated carbocycles. The summed E-state index contributed by atoms with van der Waals surface area (Å²) in [6.45, 7) is 5.37. The molecule has 0 spiro atoms. The van der Waals surface area contributed by atoms with Crippen molar-refractivity contribution in [3.05, 3.63) is 82.5 Å². The number of fused-ring (bicyclic) bond motifs is 1. The van der Waals surface area contributed by atoms with Crippen molar-refractivity contribution in [2.75, 3.05) is 43.4 Å². The average molecular weight is 531 g/mol. The van der Waals surface area contributed by atoms with E-state index in [0.29, 0.717) is 47.0 Å². The maximum Gasteiger partial charge on any atom is 0.410 e. The van der Waals surface area contributed by atoms with Gasteiger partial charge in [0.1, 0.15) is 21.8 Å². The SMILES string of the molecule is Cc1cnc2c(N)c(C(=O)NCCc3ccc(N4CCN(C(=O)OCc5ccccc5)CC4)cc3)sc2n1. The van der Waals surface area contributed by atoms with E-state index in [4.69, 9.17) is 10.5 Å². The predicted octanol–water partition coefficient (Wildman–Crippen LogP) is 4.01. The number of nitrogens with one attached hydrogen (secondary N) is 1. The highest BCUT2D eigenvalue weighted by Gasteiger charge is 2.22. The van der Waals surface area contributed by atoms with Crippen LogP contribution < -0.4 is 16.0 Å². The van der Waals surface area contributed by atoms with Crippen LogP contribution >= 0.6 is 11.3 Å². The number of ether oxygens (including phenoxy) is 1. The number of nitrogens with zero attached hydrogens (tertiary/aromatic N) is 4. The molecular formula is C28H30N6O3S. The Balaban J connectivity index is 1.07. The summed E-state index contributed by atoms with van der Waals surface area (Å²) in [6, 6.07) is 18.0. The number of nitrogens with two attached hydrogens (primary N) is 1. The second kappa shape index (κ2) is 11.5. The summed E-state index contributed by atoms with van der Waals surface area (Å²) in [4.78, 5) is 39.0. The Hall–Kier alpha value is -4.18. The number of hydrogen-bond donors (Lipinski definition) is 2. The molecule has 5 rings (SSSR count). The van der Waals surface area contributed by atoms with Crippen molar-refractivity contribution in [3.8, 4) is 0 Å². The summed E-state index contributed by atoms with van der Waals surface area (Å²) in [5.41, 5.74) is 11.1. The lowest BCUT2D eigenvalue weighted by Gasteiger charge is -2.35. The molecule has 3 heterocycles. The van der Waals surface area contributed by atoms with Gasteiger partial charge in [-0.3, -0.25) is 4.79 Å². The van der Waals surface area contributed by atoms with Crippen molar-refractivity contribution in [1.29, 1.82) is 0 Å². The van der Waals surface area contributed by atoms with Gasteiger partial charge in [-0.05, 0) is 36.6 Å². The van der Waals surface area contributed by atoms with Crippen LogP contribution in [0, 0.1) is 6.92 Å². The fourth-order valence-electron chi connectivity index (χ4n) is 4.37. The Kier molecular flexibility index (Phi) is 7.69. The number of anilines is 2. The van der Waals surface area contributed by atoms with E-state index in [2.05, 4.69) is 44.5 Å². The van der Waals surface area contributed by atoms with Gasteiger partial charge in [-0.25, -0.2) is 14.8 Å². The number of piperazine rings is 1. The molecule has 0 bridgehead atoms. The zero-order valence-corrected chi connectivity index (χ0v) is 22.0. The van der Waals surface area contributed by atoms with Crippen molar-refractivity contribution in [2.45, 2.75) is 20.0 Å². The van der Waals surface area contributed by atoms with Crippen molar-refractivity contribution in [1.82, 2.24) is 20.2 Å². The van der Waals surface area contributed by atoms with Crippen LogP contribution in [0.5, 0.6) is 0 Å². The summed E-state index contributed by atoms with van der Waals surface area (Å²) < 4.78 is 5.46. The molecule has 0 atom stereocenters. The van der Waals surface area contributed by atoms with Crippen LogP contribution in [0.25, 0.3) is 10.3 Å². The minimum atomic E-state index is -0.272. The van der Waals surface area contributed by atoms with E-state index < -0.39 is 0 Å². The molecule has 0 unspecified atom stereocenters. The number of nitrogen functional groups attached to an aromatic ring is 1. The Morgan fingerprint density at radius 1 is 1.03 bits per heavy atom. The van der Waals surface area contributed by atoms with Crippen LogP contribution in [0.15, 0.2) is 60.8 Å². The maximum absolute atomic E-state index is 12.7. The first kappa shape index (κ1) is 25.5. The van der Waals surface area contributed by atoms with E-state index in [1.54, 1.807) is 11.1 Å². The predicted molar refractivity (Wildman–Crippen MR) is 149 cm³/mol. The molecule has 4 aromatic rings. The zero-order chi connectivity index (χ0) is 26.5. The van der Waals surface area contributed by atoms with Gasteiger partial charge in [0, 0.05) is 44.6 Å². The largest absolute Gasteiger partial charge is 0.445 e. The quantitative estimate of drug-likeness (QED) is 0.371. The third kappa shape index (κ3) is 5.86. The highest BCUT2D eigenvalue weighted by atomic mass is 32.1. The van der Waals surface area contributed by atoms with E-state index in [1.807, 2.05) is 37.3 Å². The van der Waals surface area contributed by atoms with Crippen LogP contribution in [0.2, 0.25) is 0 Å². The molecule has 3 N–H and O–H groups in total. The number of aromatic nitrogens is 2. The smallest absolute Gasteiger partial charge is 0.410 e. The normalized spacial score (nSPS) is 13.5. The van der Waals surface area contributed by atoms with E-state index in [9.17, 15) is 9.59 Å². The molecule has 1 saturated heterocycles. The Morgan fingerprint density at radius 2 is 1.76 bits per heavy atom. The van der Waals surface area contributed by atoms with Gasteiger partial charge >= 0.3 is 6.09 Å². The first-order valence-electron chi connectivity index (χ1n) is 12.6. The Labute approximate surface area is 225 Å². The summed E-state index contributed by atoms with van der Waals surface area (Å²) in [7, 11) is 0. The first-order chi connectivity index (χ1) is 18.5. The molecule has 1 aliphatic heterocycles. The summed E-state index contributed by atoms with van der Waals surface area (Å²) in [6.07, 6.45) is 2.08. The number of hydrogen-bond acceptors (Lipinski definition) is 8. The number of amides is 2. The molecule has 9 nitrogen and oxygen atoms in total. The molecule has 10 heteroatoms. The number of benzene rings is 2. The molecule has 38 heavy (non-hydrogen) atoms. The van der Waals surface area contributed by atoms with Crippen LogP contribution in [-0.4, -0.2) is 59.6 Å². The van der Waals surface area contributed by atoms with E-state index in [0.717, 1.165) is 35.6 Å². The van der Waals surface area contributed by atoms with Crippen LogP contribution in [-0.2, 0) is 17.8 Å². The van der Waals surface area contributed by atoms with Crippen molar-refractivity contribution >= 4 is 45.1 Å². The first-order valence-corrected chi connectivity index (χ1v) is 13.4. The number of carbonyl (C=O) groups excluding carboxylic acids is 2. The average Bonchev–Trinajstić information content (AvgIpc) is 3.28. The number of thiophene rings is 1. The molecule has 1 fully saturated rings. The van der Waals surface area contributed by atoms with E-state index in [-0.39, 0.29) is 18.6 Å². The van der Waals surface area contributed by atoms with Gasteiger partial charge in [-0.1, -0.05) is 42.5 Å². The van der Waals surface area contributed by atoms with Crippen LogP contribution in [0.3, 0.4) is 0 Å². The third-order valence-electron chi connectivity index (χ3n) is 6.51. The zero-order valence-electron chi connectivity index (χ0n) is 21.2. The lowest BCUT2D eigenvalue weighted by atomic mass is 10.1. The number of rotatable bonds is 7. The lowest BCUT2D eigenvalue weighted by Crippen LogP contribution is -2.48. The standard InChI is InChI=1S/C28H30N6O3S/c1-19-17-31-24-23(29)25(38-27(24)32-19)26(35)30-12-11-20-7-9-22(10-8-20)33-13-15-34(16-14-33)28(36)37-18-21-5-3-2-4-6-21/h2-10,17H,11-16,18,29H2,1H3,(H,30,35). The summed E-state index contributed by atoms with van der Waals surface area (Å²) in [5, 5.41) is 2.95. The van der Waals surface area contributed by atoms with Gasteiger partial charge in [0.15, 0.2) is 0 Å². The van der Waals surface area contributed by atoms with E-state index in [1.165, 1.54) is 11.3 Å². The topological polar surface area (TPSA) is 114 Å². The van der Waals surface area contributed by atoms with Crippen LogP contribution in [0.4, 0.5) is 16.2 Å². The highest BCUT2D eigenvalue weighted by Crippen LogP contribution is 2.30. The third-order valence-corrected chi connectivity index (χ3v) is 7.60. The molecule has 196 valence electrons. The molecule has 1 aliphatic rings. The van der Waals surface area contributed by atoms with Crippen LogP contribution in [0.1, 0.15) is 26.5 Å². The highest BCUT2D eigenvalue weighted by molar-refractivity contribution is 7.21. The summed E-state index contributed by atoms with van der Waals surface area (Å²) >= 11 is 1.27. The van der Waals surface area contributed by atoms with Gasteiger partial charge in [-0.15, -0.1) is 11.3 Å². The van der Waals surface area contributed by atoms with Crippen molar-refractivity contribution < 1.29 is 14.3 Å². The van der Waals surface area contributed by atoms with Crippen molar-refractivity contribution in [2.24, 2.45) is 0 Å². The van der Waals surface area contributed by atoms with Gasteiger partial charge in [0.05, 0.1) is 11.4 Å². The Bertz CT molecular complexity index is 1420. The van der Waals surface area contributed by atoms with E-state index >= 15 is 0 Å². The Morgan fingerprint density at radius 3 is 2.50 bits per heavy atom. The fraction of sp³-hybridized carbons (Fsp3) is 0.286. The molecule has 2 aromatic heterocycles. The number of aryl methyl sites for hydroxylation is 1. The lowest BCUT2D eigenvalue weighted by molar-refractivity contribution is 0.0939. The van der Waals surface area contributed by atoms with Gasteiger partial charge in [0.25, 0.3) is 5.91 Å². The van der Waals surface area contributed by atoms with Gasteiger partial charge < -0.3 is 25.6 Å². The fourth-order valence-corrected chi connectivity index (χ4v) is 5.38. The molecule has 2 aromatic carbocycles. The van der Waals surface area contributed by atoms with Gasteiger partial charge in [-0.2, -0.15) is 0 Å². The monoisotopic (exact) mass is 530 g/mol. The summed E-state index contributed by atoms with van der Waals surface area (Å²) in [5.74, 6) is -0.207. The molecule has 0 radical (unpaired) electrons. The second-order valence-corrected chi connectivity index (χ2v) is 10.2. The van der Waals surface area contributed by atoms with Gasteiger partial charge in [0.2, 0.25) is 0 Å². The molecule has 2 amide bonds. The minimum absolute atomic E-state index is 0.207. The number of carbonyl (C=O) groups is 2.